The van der Waals surface area contributed by atoms with E-state index in [2.05, 4.69) is 5.32 Å². The Kier molecular flexibility index (Phi) is 3.66. The third-order valence-corrected chi connectivity index (χ3v) is 4.88. The van der Waals surface area contributed by atoms with Gasteiger partial charge in [-0.2, -0.15) is 0 Å². The number of hydrogen-bond donors (Lipinski definition) is 2. The number of hydrogen-bond acceptors (Lipinski definition) is 2. The smallest absolute Gasteiger partial charge is 0.307 e. The quantitative estimate of drug-likeness (QED) is 0.893. The third-order valence-electron chi connectivity index (χ3n) is 4.88. The van der Waals surface area contributed by atoms with Gasteiger partial charge in [0.05, 0.1) is 11.8 Å². The lowest BCUT2D eigenvalue weighted by Gasteiger charge is -2.27. The molecule has 0 aromatic heterocycles. The van der Waals surface area contributed by atoms with Gasteiger partial charge in [-0.15, -0.1) is 0 Å². The molecule has 0 radical (unpaired) electrons. The van der Waals surface area contributed by atoms with Gasteiger partial charge < -0.3 is 10.4 Å². The van der Waals surface area contributed by atoms with Crippen LogP contribution in [0.1, 0.15) is 24.8 Å². The molecule has 0 aliphatic heterocycles. The number of carboxylic acids is 1. The fourth-order valence-corrected chi connectivity index (χ4v) is 3.93. The molecule has 112 valence electrons. The number of amides is 1. The molecule has 5 heteroatoms. The van der Waals surface area contributed by atoms with Crippen molar-refractivity contribution in [3.8, 4) is 0 Å². The number of aliphatic carboxylic acids is 1. The lowest BCUT2D eigenvalue weighted by molar-refractivity contribution is -0.149. The molecular formula is C16H18FNO3. The highest BCUT2D eigenvalue weighted by Gasteiger charge is 2.53. The summed E-state index contributed by atoms with van der Waals surface area (Å²) in [5.41, 5.74) is 0.805. The predicted octanol–water partition coefficient (Wildman–Crippen LogP) is 2.19. The van der Waals surface area contributed by atoms with E-state index >= 15 is 0 Å². The molecule has 2 aliphatic carbocycles. The Hall–Kier alpha value is -1.91. The van der Waals surface area contributed by atoms with Crippen LogP contribution in [-0.4, -0.2) is 17.0 Å². The molecule has 4 nitrogen and oxygen atoms in total. The Morgan fingerprint density at radius 1 is 1.14 bits per heavy atom. The van der Waals surface area contributed by atoms with Crippen molar-refractivity contribution in [2.45, 2.75) is 25.8 Å². The van der Waals surface area contributed by atoms with E-state index in [4.69, 9.17) is 0 Å². The van der Waals surface area contributed by atoms with Gasteiger partial charge in [0.2, 0.25) is 5.91 Å². The molecule has 3 rings (SSSR count). The van der Waals surface area contributed by atoms with E-state index < -0.39 is 17.8 Å². The summed E-state index contributed by atoms with van der Waals surface area (Å²) in [4.78, 5) is 23.7. The van der Waals surface area contributed by atoms with Gasteiger partial charge in [0.25, 0.3) is 0 Å². The zero-order chi connectivity index (χ0) is 15.0. The number of rotatable bonds is 4. The van der Waals surface area contributed by atoms with Crippen LogP contribution in [0.3, 0.4) is 0 Å². The van der Waals surface area contributed by atoms with Crippen molar-refractivity contribution in [3.63, 3.8) is 0 Å². The van der Waals surface area contributed by atoms with E-state index in [9.17, 15) is 19.1 Å². The average molecular weight is 291 g/mol. The van der Waals surface area contributed by atoms with Crippen LogP contribution in [0.25, 0.3) is 0 Å². The highest BCUT2D eigenvalue weighted by Crippen LogP contribution is 2.52. The van der Waals surface area contributed by atoms with Crippen molar-refractivity contribution < 1.29 is 19.1 Å². The van der Waals surface area contributed by atoms with E-state index in [0.717, 1.165) is 24.8 Å². The summed E-state index contributed by atoms with van der Waals surface area (Å²) in [5.74, 6) is -1.97. The second kappa shape index (κ2) is 5.47. The van der Waals surface area contributed by atoms with Crippen molar-refractivity contribution in [1.29, 1.82) is 0 Å². The number of fused-ring (bicyclic) bond motifs is 2. The minimum Gasteiger partial charge on any atom is -0.481 e. The summed E-state index contributed by atoms with van der Waals surface area (Å²) in [6, 6.07) is 5.92. The Morgan fingerprint density at radius 3 is 2.38 bits per heavy atom. The summed E-state index contributed by atoms with van der Waals surface area (Å²) >= 11 is 0. The van der Waals surface area contributed by atoms with E-state index in [-0.39, 0.29) is 23.6 Å². The number of benzene rings is 1. The van der Waals surface area contributed by atoms with Crippen LogP contribution < -0.4 is 5.32 Å². The predicted molar refractivity (Wildman–Crippen MR) is 73.7 cm³/mol. The van der Waals surface area contributed by atoms with E-state index in [1.54, 1.807) is 12.1 Å². The molecule has 2 fully saturated rings. The van der Waals surface area contributed by atoms with Crippen LogP contribution >= 0.6 is 0 Å². The molecule has 1 aromatic rings. The first kappa shape index (κ1) is 14.0. The summed E-state index contributed by atoms with van der Waals surface area (Å²) in [6.45, 7) is 0.305. The molecule has 21 heavy (non-hydrogen) atoms. The molecule has 0 spiro atoms. The molecule has 2 N–H and O–H groups in total. The molecule has 2 saturated carbocycles. The fourth-order valence-electron chi connectivity index (χ4n) is 3.93. The number of carbonyl (C=O) groups is 2. The Balaban J connectivity index is 1.64. The van der Waals surface area contributed by atoms with Gasteiger partial charge in [-0.3, -0.25) is 9.59 Å². The van der Waals surface area contributed by atoms with Gasteiger partial charge in [-0.1, -0.05) is 12.1 Å². The molecule has 0 unspecified atom stereocenters. The highest BCUT2D eigenvalue weighted by molar-refractivity contribution is 5.86. The monoisotopic (exact) mass is 291 g/mol. The van der Waals surface area contributed by atoms with E-state index in [1.807, 2.05) is 0 Å². The van der Waals surface area contributed by atoms with Crippen LogP contribution in [-0.2, 0) is 16.1 Å². The maximum atomic E-state index is 12.8. The lowest BCUT2D eigenvalue weighted by atomic mass is 9.78. The van der Waals surface area contributed by atoms with Crippen LogP contribution in [0.15, 0.2) is 24.3 Å². The van der Waals surface area contributed by atoms with Gasteiger partial charge in [0.1, 0.15) is 5.82 Å². The number of nitrogens with one attached hydrogen (secondary N) is 1. The zero-order valence-corrected chi connectivity index (χ0v) is 11.6. The molecular weight excluding hydrogens is 273 g/mol. The van der Waals surface area contributed by atoms with Gasteiger partial charge >= 0.3 is 5.97 Å². The summed E-state index contributed by atoms with van der Waals surface area (Å²) in [7, 11) is 0. The molecule has 1 amide bonds. The summed E-state index contributed by atoms with van der Waals surface area (Å²) < 4.78 is 12.8. The molecule has 0 heterocycles. The van der Waals surface area contributed by atoms with Crippen LogP contribution in [0.2, 0.25) is 0 Å². The van der Waals surface area contributed by atoms with Crippen molar-refractivity contribution >= 4 is 11.9 Å². The standard InChI is InChI=1S/C16H18FNO3/c17-12-5-1-9(2-6-12)8-18-15(19)13-10-3-4-11(7-10)14(13)16(20)21/h1-2,5-6,10-11,13-14H,3-4,7-8H2,(H,18,19)(H,20,21)/t10-,11+,13-,14+/m0/s1. The van der Waals surface area contributed by atoms with Gasteiger partial charge in [-0.05, 0) is 48.8 Å². The molecule has 4 atom stereocenters. The average Bonchev–Trinajstić information content (AvgIpc) is 3.06. The summed E-state index contributed by atoms with van der Waals surface area (Å²) in [6.07, 6.45) is 2.72. The molecule has 2 aliphatic rings. The Morgan fingerprint density at radius 2 is 1.76 bits per heavy atom. The molecule has 0 saturated heterocycles. The first-order chi connectivity index (χ1) is 10.1. The van der Waals surface area contributed by atoms with Crippen molar-refractivity contribution in [3.05, 3.63) is 35.6 Å². The zero-order valence-electron chi connectivity index (χ0n) is 11.6. The largest absolute Gasteiger partial charge is 0.481 e. The number of carboxylic acid groups (broad SMARTS) is 1. The molecule has 1 aromatic carbocycles. The second-order valence-electron chi connectivity index (χ2n) is 6.07. The Labute approximate surface area is 122 Å². The first-order valence-electron chi connectivity index (χ1n) is 7.31. The lowest BCUT2D eigenvalue weighted by Crippen LogP contribution is -2.41. The Bertz CT molecular complexity index is 557. The number of halogens is 1. The van der Waals surface area contributed by atoms with Gasteiger partial charge in [0, 0.05) is 6.54 Å². The van der Waals surface area contributed by atoms with Gasteiger partial charge in [0.15, 0.2) is 0 Å². The van der Waals surface area contributed by atoms with Crippen molar-refractivity contribution in [2.75, 3.05) is 0 Å². The SMILES string of the molecule is O=C(O)[C@@H]1[C@@H]2CC[C@@H](C2)[C@@H]1C(=O)NCc1ccc(F)cc1. The van der Waals surface area contributed by atoms with Gasteiger partial charge in [-0.25, -0.2) is 4.39 Å². The van der Waals surface area contributed by atoms with Crippen molar-refractivity contribution in [2.24, 2.45) is 23.7 Å². The van der Waals surface area contributed by atoms with Crippen LogP contribution in [0.5, 0.6) is 0 Å². The maximum Gasteiger partial charge on any atom is 0.307 e. The normalized spacial score (nSPS) is 30.3. The first-order valence-corrected chi connectivity index (χ1v) is 7.31. The second-order valence-corrected chi connectivity index (χ2v) is 6.07. The van der Waals surface area contributed by atoms with Crippen LogP contribution in [0.4, 0.5) is 4.39 Å². The number of carbonyl (C=O) groups excluding carboxylic acids is 1. The minimum atomic E-state index is -0.857. The van der Waals surface area contributed by atoms with Crippen molar-refractivity contribution in [1.82, 2.24) is 5.32 Å². The van der Waals surface area contributed by atoms with Crippen LogP contribution in [0, 0.1) is 29.5 Å². The van der Waals surface area contributed by atoms with E-state index in [0.29, 0.717) is 6.54 Å². The minimum absolute atomic E-state index is 0.147. The third kappa shape index (κ3) is 2.64. The fraction of sp³-hybridized carbons (Fsp3) is 0.500. The van der Waals surface area contributed by atoms with E-state index in [1.165, 1.54) is 12.1 Å². The summed E-state index contributed by atoms with van der Waals surface area (Å²) in [5, 5.41) is 12.2. The maximum absolute atomic E-state index is 12.8. The highest BCUT2D eigenvalue weighted by atomic mass is 19.1. The topological polar surface area (TPSA) is 66.4 Å². The molecule has 2 bridgehead atoms.